The predicted molar refractivity (Wildman–Crippen MR) is 157 cm³/mol. The third-order valence-corrected chi connectivity index (χ3v) is 8.56. The van der Waals surface area contributed by atoms with Gasteiger partial charge in [0.1, 0.15) is 10.8 Å². The molecule has 0 spiro atoms. The summed E-state index contributed by atoms with van der Waals surface area (Å²) in [6.07, 6.45) is 3.61. The highest BCUT2D eigenvalue weighted by Gasteiger charge is 2.32. The summed E-state index contributed by atoms with van der Waals surface area (Å²) < 4.78 is 10.2. The Morgan fingerprint density at radius 1 is 1.07 bits per heavy atom. The van der Waals surface area contributed by atoms with Crippen molar-refractivity contribution in [3.8, 4) is 0 Å². The largest absolute Gasteiger partial charge is 0.465 e. The van der Waals surface area contributed by atoms with Gasteiger partial charge in [-0.05, 0) is 49.4 Å². The summed E-state index contributed by atoms with van der Waals surface area (Å²) in [5.74, 6) is -0.372. The van der Waals surface area contributed by atoms with Gasteiger partial charge in [-0.25, -0.2) is 14.6 Å². The lowest BCUT2D eigenvalue weighted by Crippen LogP contribution is -2.39. The van der Waals surface area contributed by atoms with E-state index in [-0.39, 0.29) is 18.6 Å². The normalized spacial score (nSPS) is 15.6. The summed E-state index contributed by atoms with van der Waals surface area (Å²) in [7, 11) is 1.32. The van der Waals surface area contributed by atoms with E-state index in [1.54, 1.807) is 30.2 Å². The van der Waals surface area contributed by atoms with Gasteiger partial charge in [-0.1, -0.05) is 30.3 Å². The van der Waals surface area contributed by atoms with Crippen molar-refractivity contribution in [2.75, 3.05) is 44.0 Å². The SMILES string of the molecule is CCOC(=O)N1CCc2c(sc(NC(=O)c3cccnc3NC3CCN(Cc4ccccc4)CC3)c2C(=O)OC)C1. The van der Waals surface area contributed by atoms with Crippen molar-refractivity contribution in [2.24, 2.45) is 0 Å². The number of ether oxygens (including phenoxy) is 2. The van der Waals surface area contributed by atoms with Crippen LogP contribution in [0.15, 0.2) is 48.7 Å². The molecule has 0 saturated carbocycles. The maximum Gasteiger partial charge on any atom is 0.410 e. The number of nitrogens with zero attached hydrogens (tertiary/aromatic N) is 3. The van der Waals surface area contributed by atoms with E-state index in [1.807, 2.05) is 6.07 Å². The van der Waals surface area contributed by atoms with Crippen molar-refractivity contribution in [3.63, 3.8) is 0 Å². The van der Waals surface area contributed by atoms with Crippen LogP contribution in [0.3, 0.4) is 0 Å². The summed E-state index contributed by atoms with van der Waals surface area (Å²) >= 11 is 1.28. The summed E-state index contributed by atoms with van der Waals surface area (Å²) in [5, 5.41) is 6.82. The third-order valence-electron chi connectivity index (χ3n) is 7.43. The average Bonchev–Trinajstić information content (AvgIpc) is 3.35. The van der Waals surface area contributed by atoms with Crippen LogP contribution in [-0.2, 0) is 29.0 Å². The number of piperidine rings is 1. The molecule has 1 fully saturated rings. The molecule has 2 aliphatic heterocycles. The van der Waals surface area contributed by atoms with Gasteiger partial charge in [-0.15, -0.1) is 11.3 Å². The molecular weight excluding hydrogens is 542 g/mol. The van der Waals surface area contributed by atoms with E-state index in [9.17, 15) is 14.4 Å². The molecule has 4 heterocycles. The lowest BCUT2D eigenvalue weighted by molar-refractivity contribution is 0.0600. The first-order valence-corrected chi connectivity index (χ1v) is 14.7. The minimum absolute atomic E-state index is 0.192. The Balaban J connectivity index is 1.27. The highest BCUT2D eigenvalue weighted by Crippen LogP contribution is 2.38. The van der Waals surface area contributed by atoms with Crippen molar-refractivity contribution < 1.29 is 23.9 Å². The molecule has 10 nitrogen and oxygen atoms in total. The van der Waals surface area contributed by atoms with Crippen molar-refractivity contribution in [1.29, 1.82) is 0 Å². The quantitative estimate of drug-likeness (QED) is 0.368. The third kappa shape index (κ3) is 6.68. The Morgan fingerprint density at radius 3 is 2.59 bits per heavy atom. The Hall–Kier alpha value is -3.96. The highest BCUT2D eigenvalue weighted by atomic mass is 32.1. The van der Waals surface area contributed by atoms with Crippen LogP contribution in [0.5, 0.6) is 0 Å². The van der Waals surface area contributed by atoms with Crippen LogP contribution in [0, 0.1) is 0 Å². The van der Waals surface area contributed by atoms with Crippen molar-refractivity contribution in [2.45, 2.75) is 45.3 Å². The van der Waals surface area contributed by atoms with Crippen LogP contribution in [-0.4, -0.2) is 72.1 Å². The van der Waals surface area contributed by atoms with Gasteiger partial charge in [0.05, 0.1) is 31.4 Å². The molecule has 1 aromatic carbocycles. The lowest BCUT2D eigenvalue weighted by atomic mass is 10.0. The predicted octanol–water partition coefficient (Wildman–Crippen LogP) is 4.77. The summed E-state index contributed by atoms with van der Waals surface area (Å²) in [4.78, 5) is 47.9. The fraction of sp³-hybridized carbons (Fsp3) is 0.400. The van der Waals surface area contributed by atoms with E-state index in [2.05, 4.69) is 44.8 Å². The molecule has 2 N–H and O–H groups in total. The number of benzene rings is 1. The second kappa shape index (κ2) is 13.1. The number of aromatic nitrogens is 1. The number of hydrogen-bond donors (Lipinski definition) is 2. The van der Waals surface area contributed by atoms with Crippen LogP contribution in [0.1, 0.15) is 56.5 Å². The number of anilines is 2. The summed E-state index contributed by atoms with van der Waals surface area (Å²) in [5.41, 5.74) is 2.84. The van der Waals surface area contributed by atoms with Crippen molar-refractivity contribution >= 4 is 40.1 Å². The van der Waals surface area contributed by atoms with Gasteiger partial charge in [0.25, 0.3) is 5.91 Å². The summed E-state index contributed by atoms with van der Waals surface area (Å²) in [6.45, 7) is 5.60. The molecule has 0 bridgehead atoms. The maximum atomic E-state index is 13.5. The van der Waals surface area contributed by atoms with Gasteiger partial charge in [-0.2, -0.15) is 0 Å². The maximum absolute atomic E-state index is 13.5. The monoisotopic (exact) mass is 577 g/mol. The number of pyridine rings is 1. The fourth-order valence-corrected chi connectivity index (χ4v) is 6.57. The number of esters is 1. The second-order valence-corrected chi connectivity index (χ2v) is 11.2. The Bertz CT molecular complexity index is 1390. The number of amides is 2. The minimum atomic E-state index is -0.519. The molecule has 3 aromatic rings. The number of carbonyl (C=O) groups is 3. The average molecular weight is 578 g/mol. The number of thiophene rings is 1. The van der Waals surface area contributed by atoms with E-state index in [4.69, 9.17) is 9.47 Å². The number of carbonyl (C=O) groups excluding carboxylic acids is 3. The second-order valence-electron chi connectivity index (χ2n) is 10.1. The number of nitrogens with one attached hydrogen (secondary N) is 2. The Kier molecular flexibility index (Phi) is 9.15. The number of hydrogen-bond acceptors (Lipinski definition) is 9. The number of methoxy groups -OCH3 is 1. The molecule has 5 rings (SSSR count). The van der Waals surface area contributed by atoms with Gasteiger partial charge in [-0.3, -0.25) is 9.69 Å². The molecule has 1 saturated heterocycles. The van der Waals surface area contributed by atoms with Gasteiger partial charge in [0.2, 0.25) is 0 Å². The van der Waals surface area contributed by atoms with Crippen LogP contribution < -0.4 is 10.6 Å². The number of rotatable bonds is 8. The van der Waals surface area contributed by atoms with Gasteiger partial charge < -0.3 is 25.0 Å². The molecule has 0 atom stereocenters. The Labute approximate surface area is 243 Å². The van der Waals surface area contributed by atoms with E-state index in [1.165, 1.54) is 24.0 Å². The molecule has 0 unspecified atom stereocenters. The molecule has 41 heavy (non-hydrogen) atoms. The van der Waals surface area contributed by atoms with E-state index in [0.29, 0.717) is 41.5 Å². The first-order chi connectivity index (χ1) is 20.0. The molecule has 11 heteroatoms. The first kappa shape index (κ1) is 28.6. The number of fused-ring (bicyclic) bond motifs is 1. The molecule has 2 amide bonds. The first-order valence-electron chi connectivity index (χ1n) is 13.9. The standard InChI is InChI=1S/C30H35N5O5S/c1-3-40-30(38)35-17-13-22-24(19-35)41-28(25(22)29(37)39-2)33-27(36)23-10-7-14-31-26(23)32-21-11-15-34(16-12-21)18-20-8-5-4-6-9-20/h4-10,14,21H,3,11-13,15-19H2,1-2H3,(H,31,32)(H,33,36). The molecular formula is C30H35N5O5S. The topological polar surface area (TPSA) is 113 Å². The molecule has 2 aliphatic rings. The van der Waals surface area contributed by atoms with Crippen molar-refractivity contribution in [3.05, 3.63) is 75.8 Å². The van der Waals surface area contributed by atoms with E-state index in [0.717, 1.165) is 42.9 Å². The van der Waals surface area contributed by atoms with Crippen LogP contribution >= 0.6 is 11.3 Å². The summed E-state index contributed by atoms with van der Waals surface area (Å²) in [6, 6.07) is 14.1. The van der Waals surface area contributed by atoms with Crippen LogP contribution in [0.4, 0.5) is 15.6 Å². The molecule has 0 aliphatic carbocycles. The highest BCUT2D eigenvalue weighted by molar-refractivity contribution is 7.17. The molecule has 2 aromatic heterocycles. The zero-order valence-corrected chi connectivity index (χ0v) is 24.2. The smallest absolute Gasteiger partial charge is 0.410 e. The van der Waals surface area contributed by atoms with Gasteiger partial charge in [0.15, 0.2) is 0 Å². The van der Waals surface area contributed by atoms with Crippen LogP contribution in [0.25, 0.3) is 0 Å². The minimum Gasteiger partial charge on any atom is -0.465 e. The van der Waals surface area contributed by atoms with Crippen molar-refractivity contribution in [1.82, 2.24) is 14.8 Å². The van der Waals surface area contributed by atoms with Gasteiger partial charge >= 0.3 is 12.1 Å². The lowest BCUT2D eigenvalue weighted by Gasteiger charge is -2.32. The Morgan fingerprint density at radius 2 is 1.85 bits per heavy atom. The van der Waals surface area contributed by atoms with E-state index < -0.39 is 12.1 Å². The van der Waals surface area contributed by atoms with Crippen LogP contribution in [0.2, 0.25) is 0 Å². The van der Waals surface area contributed by atoms with Gasteiger partial charge in [0, 0.05) is 43.3 Å². The number of likely N-dealkylation sites (tertiary alicyclic amines) is 1. The fourth-order valence-electron chi connectivity index (χ4n) is 5.32. The zero-order chi connectivity index (χ0) is 28.8. The zero-order valence-electron chi connectivity index (χ0n) is 23.4. The van der Waals surface area contributed by atoms with E-state index >= 15 is 0 Å². The molecule has 216 valence electrons. The molecule has 0 radical (unpaired) electrons.